The molecule has 1 aromatic carbocycles. The standard InChI is InChI=1S/C6H6.C3H6.2H3O4P/c1-2-4-6-5-3-1;1-3-2;2*1-5(2,3)4/h1-6H;3H,1H2,2H3;2*(H3,1,2,3,4). The first-order valence-electron chi connectivity index (χ1n) is 4.55. The second-order valence-electron chi connectivity index (χ2n) is 2.59. The number of phosphoric acid groups is 2. The summed E-state index contributed by atoms with van der Waals surface area (Å²) in [5.74, 6) is 0. The SMILES string of the molecule is C=CC.O=P(O)(O)O.O=P(O)(O)O.c1ccccc1. The lowest BCUT2D eigenvalue weighted by molar-refractivity contribution is 0.272. The van der Waals surface area contributed by atoms with Crippen LogP contribution in [0, 0.1) is 0 Å². The van der Waals surface area contributed by atoms with Gasteiger partial charge in [0.15, 0.2) is 0 Å². The zero-order chi connectivity index (χ0) is 15.9. The van der Waals surface area contributed by atoms with Crippen molar-refractivity contribution in [3.8, 4) is 0 Å². The highest BCUT2D eigenvalue weighted by Gasteiger charge is 2.00. The number of allylic oxidation sites excluding steroid dienone is 1. The van der Waals surface area contributed by atoms with Crippen LogP contribution in [0.3, 0.4) is 0 Å². The summed E-state index contributed by atoms with van der Waals surface area (Å²) in [6.45, 7) is 5.25. The van der Waals surface area contributed by atoms with Gasteiger partial charge in [-0.1, -0.05) is 42.5 Å². The highest BCUT2D eigenvalue weighted by molar-refractivity contribution is 7.45. The molecule has 0 aliphatic heterocycles. The van der Waals surface area contributed by atoms with E-state index in [0.717, 1.165) is 0 Å². The minimum absolute atomic E-state index is 1.75. The van der Waals surface area contributed by atoms with E-state index in [9.17, 15) is 0 Å². The fourth-order valence-electron chi connectivity index (χ4n) is 0.385. The van der Waals surface area contributed by atoms with Crippen molar-refractivity contribution in [1.29, 1.82) is 0 Å². The van der Waals surface area contributed by atoms with Crippen molar-refractivity contribution < 1.29 is 38.5 Å². The van der Waals surface area contributed by atoms with E-state index < -0.39 is 15.6 Å². The minimum atomic E-state index is -4.64. The van der Waals surface area contributed by atoms with Crippen molar-refractivity contribution in [1.82, 2.24) is 0 Å². The van der Waals surface area contributed by atoms with E-state index in [1.165, 1.54) is 0 Å². The van der Waals surface area contributed by atoms with Gasteiger partial charge in [0.2, 0.25) is 0 Å². The van der Waals surface area contributed by atoms with E-state index in [0.29, 0.717) is 0 Å². The first kappa shape index (κ1) is 23.3. The molecule has 0 amide bonds. The smallest absolute Gasteiger partial charge is 0.303 e. The van der Waals surface area contributed by atoms with Crippen LogP contribution in [0.5, 0.6) is 0 Å². The van der Waals surface area contributed by atoms with Gasteiger partial charge in [-0.05, 0) is 6.92 Å². The van der Waals surface area contributed by atoms with Gasteiger partial charge in [0.05, 0.1) is 0 Å². The lowest BCUT2D eigenvalue weighted by Gasteiger charge is -1.82. The third-order valence-corrected chi connectivity index (χ3v) is 0.667. The van der Waals surface area contributed by atoms with Crippen LogP contribution in [0.4, 0.5) is 0 Å². The first-order valence-corrected chi connectivity index (χ1v) is 7.68. The zero-order valence-electron chi connectivity index (χ0n) is 10.1. The Morgan fingerprint density at radius 3 is 0.842 bits per heavy atom. The van der Waals surface area contributed by atoms with Gasteiger partial charge in [0.25, 0.3) is 0 Å². The number of benzene rings is 1. The maximum absolute atomic E-state index is 8.88. The van der Waals surface area contributed by atoms with Crippen LogP contribution in [-0.2, 0) is 9.13 Å². The summed E-state index contributed by atoms with van der Waals surface area (Å²) < 4.78 is 17.8. The van der Waals surface area contributed by atoms with Crippen molar-refractivity contribution >= 4 is 15.6 Å². The molecule has 10 heteroatoms. The predicted octanol–water partition coefficient (Wildman–Crippen LogP) is 1.02. The molecule has 0 atom stereocenters. The molecule has 1 aromatic rings. The molecule has 0 saturated carbocycles. The molecule has 112 valence electrons. The maximum atomic E-state index is 8.88. The summed E-state index contributed by atoms with van der Waals surface area (Å²) in [7, 11) is -9.28. The molecule has 0 aliphatic carbocycles. The van der Waals surface area contributed by atoms with Crippen molar-refractivity contribution in [2.45, 2.75) is 6.92 Å². The molecule has 0 unspecified atom stereocenters. The van der Waals surface area contributed by atoms with Crippen LogP contribution in [0.25, 0.3) is 0 Å². The van der Waals surface area contributed by atoms with Gasteiger partial charge >= 0.3 is 15.6 Å². The normalized spacial score (nSPS) is 9.42. The van der Waals surface area contributed by atoms with Gasteiger partial charge in [-0.15, -0.1) is 6.58 Å². The zero-order valence-corrected chi connectivity index (χ0v) is 11.9. The van der Waals surface area contributed by atoms with E-state index in [2.05, 4.69) is 6.58 Å². The molecule has 0 aliphatic rings. The van der Waals surface area contributed by atoms with Crippen LogP contribution in [0.1, 0.15) is 6.92 Å². The second-order valence-corrected chi connectivity index (χ2v) is 4.64. The Hall–Kier alpha value is -0.820. The minimum Gasteiger partial charge on any atom is -0.303 e. The summed E-state index contributed by atoms with van der Waals surface area (Å²) in [5, 5.41) is 0. The highest BCUT2D eigenvalue weighted by atomic mass is 31.2. The third kappa shape index (κ3) is 148. The molecule has 0 bridgehead atoms. The van der Waals surface area contributed by atoms with E-state index in [1.807, 2.05) is 43.3 Å². The van der Waals surface area contributed by atoms with Gasteiger partial charge < -0.3 is 29.4 Å². The Morgan fingerprint density at radius 1 is 0.737 bits per heavy atom. The molecule has 0 spiro atoms. The number of hydrogen-bond donors (Lipinski definition) is 6. The lowest BCUT2D eigenvalue weighted by atomic mass is 10.4. The Bertz CT molecular complexity index is 319. The Morgan fingerprint density at radius 2 is 0.789 bits per heavy atom. The molecule has 0 fully saturated rings. The molecular weight excluding hydrogens is 298 g/mol. The Labute approximate surface area is 111 Å². The average molecular weight is 316 g/mol. The van der Waals surface area contributed by atoms with Crippen LogP contribution in [0.15, 0.2) is 49.1 Å². The molecule has 6 N–H and O–H groups in total. The molecule has 0 aromatic heterocycles. The fraction of sp³-hybridized carbons (Fsp3) is 0.111. The van der Waals surface area contributed by atoms with Gasteiger partial charge in [0, 0.05) is 0 Å². The monoisotopic (exact) mass is 316 g/mol. The van der Waals surface area contributed by atoms with Gasteiger partial charge in [-0.3, -0.25) is 0 Å². The van der Waals surface area contributed by atoms with Crippen molar-refractivity contribution in [3.05, 3.63) is 49.1 Å². The van der Waals surface area contributed by atoms with E-state index in [1.54, 1.807) is 6.08 Å². The van der Waals surface area contributed by atoms with Gasteiger partial charge in [-0.2, -0.15) is 0 Å². The average Bonchev–Trinajstić information content (AvgIpc) is 2.16. The number of hydrogen-bond acceptors (Lipinski definition) is 2. The molecule has 1 rings (SSSR count). The van der Waals surface area contributed by atoms with Crippen molar-refractivity contribution in [3.63, 3.8) is 0 Å². The van der Waals surface area contributed by atoms with Crippen molar-refractivity contribution in [2.75, 3.05) is 0 Å². The van der Waals surface area contributed by atoms with E-state index in [4.69, 9.17) is 38.5 Å². The number of rotatable bonds is 0. The van der Waals surface area contributed by atoms with Crippen LogP contribution >= 0.6 is 15.6 Å². The fourth-order valence-corrected chi connectivity index (χ4v) is 0.385. The molecule has 0 saturated heterocycles. The van der Waals surface area contributed by atoms with E-state index in [-0.39, 0.29) is 0 Å². The van der Waals surface area contributed by atoms with Crippen LogP contribution < -0.4 is 0 Å². The molecular formula is C9H18O8P2. The first-order chi connectivity index (χ1) is 8.41. The summed E-state index contributed by atoms with van der Waals surface area (Å²) >= 11 is 0. The predicted molar refractivity (Wildman–Crippen MR) is 70.8 cm³/mol. The molecule has 0 radical (unpaired) electrons. The Kier molecular flexibility index (Phi) is 16.7. The second kappa shape index (κ2) is 13.6. The molecule has 19 heavy (non-hydrogen) atoms. The van der Waals surface area contributed by atoms with Gasteiger partial charge in [-0.25, -0.2) is 9.13 Å². The maximum Gasteiger partial charge on any atom is 0.466 e. The Balaban J connectivity index is -0.000000185. The molecule has 8 nitrogen and oxygen atoms in total. The van der Waals surface area contributed by atoms with Crippen LogP contribution in [0.2, 0.25) is 0 Å². The topological polar surface area (TPSA) is 156 Å². The van der Waals surface area contributed by atoms with Gasteiger partial charge in [0.1, 0.15) is 0 Å². The highest BCUT2D eigenvalue weighted by Crippen LogP contribution is 2.26. The lowest BCUT2D eigenvalue weighted by Crippen LogP contribution is -1.66. The van der Waals surface area contributed by atoms with E-state index >= 15 is 0 Å². The third-order valence-electron chi connectivity index (χ3n) is 0.667. The summed E-state index contributed by atoms with van der Waals surface area (Å²) in [4.78, 5) is 43.1. The van der Waals surface area contributed by atoms with Crippen molar-refractivity contribution in [2.24, 2.45) is 0 Å². The summed E-state index contributed by atoms with van der Waals surface area (Å²) in [5.41, 5.74) is 0. The largest absolute Gasteiger partial charge is 0.466 e. The summed E-state index contributed by atoms with van der Waals surface area (Å²) in [6.07, 6.45) is 1.75. The summed E-state index contributed by atoms with van der Waals surface area (Å²) in [6, 6.07) is 12.0. The quantitative estimate of drug-likeness (QED) is 0.306. The molecule has 0 heterocycles. The van der Waals surface area contributed by atoms with Crippen LogP contribution in [-0.4, -0.2) is 29.4 Å².